The van der Waals surface area contributed by atoms with E-state index in [1.54, 1.807) is 5.38 Å². The van der Waals surface area contributed by atoms with Crippen LogP contribution in [0.2, 0.25) is 0 Å². The van der Waals surface area contributed by atoms with Crippen LogP contribution < -0.4 is 4.74 Å². The van der Waals surface area contributed by atoms with E-state index in [0.29, 0.717) is 17.9 Å². The molecule has 1 heterocycles. The van der Waals surface area contributed by atoms with Gasteiger partial charge in [0.1, 0.15) is 9.35 Å². The minimum atomic E-state index is -0.370. The van der Waals surface area contributed by atoms with Gasteiger partial charge in [-0.25, -0.2) is 4.79 Å². The summed E-state index contributed by atoms with van der Waals surface area (Å²) < 4.78 is 10.7. The van der Waals surface area contributed by atoms with Gasteiger partial charge < -0.3 is 9.47 Å². The Morgan fingerprint density at radius 2 is 2.38 bits per heavy atom. The fourth-order valence-electron chi connectivity index (χ4n) is 0.853. The van der Waals surface area contributed by atoms with Crippen LogP contribution in [0.4, 0.5) is 0 Å². The molecular formula is C8H9BrO3S. The molecule has 13 heavy (non-hydrogen) atoms. The van der Waals surface area contributed by atoms with Crippen molar-refractivity contribution in [2.24, 2.45) is 0 Å². The number of hydrogen-bond acceptors (Lipinski definition) is 4. The Bertz CT molecular complexity index is 308. The van der Waals surface area contributed by atoms with Crippen LogP contribution in [0, 0.1) is 0 Å². The van der Waals surface area contributed by atoms with Crippen LogP contribution in [0.3, 0.4) is 0 Å². The SMILES string of the molecule is CCOc1c(C(=O)OC)csc1Br. The summed E-state index contributed by atoms with van der Waals surface area (Å²) in [6.07, 6.45) is 0. The van der Waals surface area contributed by atoms with E-state index in [0.717, 1.165) is 3.79 Å². The average molecular weight is 265 g/mol. The van der Waals surface area contributed by atoms with Crippen LogP contribution in [0.1, 0.15) is 17.3 Å². The lowest BCUT2D eigenvalue weighted by atomic mass is 10.3. The lowest BCUT2D eigenvalue weighted by Crippen LogP contribution is -2.03. The standard InChI is InChI=1S/C8H9BrO3S/c1-3-12-6-5(8(10)11-2)4-13-7(6)9/h4H,3H2,1-2H3. The molecule has 0 fully saturated rings. The molecule has 0 atom stereocenters. The zero-order valence-electron chi connectivity index (χ0n) is 7.30. The second-order valence-corrected chi connectivity index (χ2v) is 4.37. The van der Waals surface area contributed by atoms with Gasteiger partial charge in [-0.3, -0.25) is 0 Å². The maximum Gasteiger partial charge on any atom is 0.342 e. The number of carbonyl (C=O) groups is 1. The number of hydrogen-bond donors (Lipinski definition) is 0. The van der Waals surface area contributed by atoms with Crippen molar-refractivity contribution in [3.8, 4) is 5.75 Å². The maximum absolute atomic E-state index is 11.2. The Balaban J connectivity index is 2.99. The van der Waals surface area contributed by atoms with E-state index >= 15 is 0 Å². The maximum atomic E-state index is 11.2. The Hall–Kier alpha value is -0.550. The lowest BCUT2D eigenvalue weighted by Gasteiger charge is -2.03. The normalized spacial score (nSPS) is 9.77. The van der Waals surface area contributed by atoms with E-state index in [9.17, 15) is 4.79 Å². The van der Waals surface area contributed by atoms with E-state index in [4.69, 9.17) is 4.74 Å². The minimum absolute atomic E-state index is 0.370. The first kappa shape index (κ1) is 10.5. The fourth-order valence-corrected chi connectivity index (χ4v) is 2.16. The molecule has 0 aliphatic rings. The van der Waals surface area contributed by atoms with Crippen LogP contribution in [-0.2, 0) is 4.74 Å². The van der Waals surface area contributed by atoms with Gasteiger partial charge in [0.05, 0.1) is 13.7 Å². The lowest BCUT2D eigenvalue weighted by molar-refractivity contribution is 0.0597. The summed E-state index contributed by atoms with van der Waals surface area (Å²) in [5, 5.41) is 1.71. The molecule has 0 aromatic carbocycles. The Morgan fingerprint density at radius 1 is 1.69 bits per heavy atom. The molecule has 1 aromatic heterocycles. The Kier molecular flexibility index (Phi) is 3.74. The van der Waals surface area contributed by atoms with E-state index in [-0.39, 0.29) is 5.97 Å². The van der Waals surface area contributed by atoms with E-state index in [2.05, 4.69) is 20.7 Å². The van der Waals surface area contributed by atoms with Crippen molar-refractivity contribution in [3.05, 3.63) is 14.7 Å². The molecule has 0 saturated heterocycles. The summed E-state index contributed by atoms with van der Waals surface area (Å²) in [4.78, 5) is 11.2. The highest BCUT2D eigenvalue weighted by atomic mass is 79.9. The fraction of sp³-hybridized carbons (Fsp3) is 0.375. The number of esters is 1. The van der Waals surface area contributed by atoms with Crippen molar-refractivity contribution in [1.82, 2.24) is 0 Å². The van der Waals surface area contributed by atoms with Crippen LogP contribution in [0.5, 0.6) is 5.75 Å². The zero-order chi connectivity index (χ0) is 9.84. The third kappa shape index (κ3) is 2.22. The summed E-state index contributed by atoms with van der Waals surface area (Å²) in [6.45, 7) is 2.39. The molecule has 0 amide bonds. The summed E-state index contributed by atoms with van der Waals surface area (Å²) >= 11 is 4.71. The van der Waals surface area contributed by atoms with Crippen molar-refractivity contribution in [2.75, 3.05) is 13.7 Å². The minimum Gasteiger partial charge on any atom is -0.491 e. The highest BCUT2D eigenvalue weighted by Gasteiger charge is 2.17. The van der Waals surface area contributed by atoms with Gasteiger partial charge in [0.15, 0.2) is 5.75 Å². The Labute approximate surface area is 88.8 Å². The molecule has 0 bridgehead atoms. The monoisotopic (exact) mass is 264 g/mol. The number of ether oxygens (including phenoxy) is 2. The largest absolute Gasteiger partial charge is 0.491 e. The number of halogens is 1. The molecule has 0 spiro atoms. The highest BCUT2D eigenvalue weighted by Crippen LogP contribution is 2.35. The molecule has 5 heteroatoms. The third-order valence-corrected chi connectivity index (χ3v) is 3.06. The smallest absolute Gasteiger partial charge is 0.342 e. The second-order valence-electron chi connectivity index (χ2n) is 2.18. The summed E-state index contributed by atoms with van der Waals surface area (Å²) in [5.74, 6) is 0.199. The van der Waals surface area contributed by atoms with Crippen molar-refractivity contribution >= 4 is 33.2 Å². The van der Waals surface area contributed by atoms with Gasteiger partial charge in [-0.05, 0) is 22.9 Å². The van der Waals surface area contributed by atoms with E-state index in [1.807, 2.05) is 6.92 Å². The first-order chi connectivity index (χ1) is 6.20. The molecule has 0 aliphatic carbocycles. The van der Waals surface area contributed by atoms with Crippen LogP contribution in [0.25, 0.3) is 0 Å². The van der Waals surface area contributed by atoms with Gasteiger partial charge in [-0.15, -0.1) is 11.3 Å². The summed E-state index contributed by atoms with van der Waals surface area (Å²) in [7, 11) is 1.35. The van der Waals surface area contributed by atoms with Crippen molar-refractivity contribution in [3.63, 3.8) is 0 Å². The number of thiophene rings is 1. The van der Waals surface area contributed by atoms with Crippen LogP contribution >= 0.6 is 27.3 Å². The van der Waals surface area contributed by atoms with Crippen molar-refractivity contribution in [2.45, 2.75) is 6.92 Å². The number of methoxy groups -OCH3 is 1. The summed E-state index contributed by atoms with van der Waals surface area (Å²) in [6, 6.07) is 0. The number of carbonyl (C=O) groups excluding carboxylic acids is 1. The van der Waals surface area contributed by atoms with Gasteiger partial charge in [0, 0.05) is 5.38 Å². The van der Waals surface area contributed by atoms with Crippen molar-refractivity contribution in [1.29, 1.82) is 0 Å². The van der Waals surface area contributed by atoms with Gasteiger partial charge in [0.2, 0.25) is 0 Å². The highest BCUT2D eigenvalue weighted by molar-refractivity contribution is 9.11. The predicted molar refractivity (Wildman–Crippen MR) is 54.5 cm³/mol. The van der Waals surface area contributed by atoms with E-state index < -0.39 is 0 Å². The molecule has 0 N–H and O–H groups in total. The van der Waals surface area contributed by atoms with Gasteiger partial charge in [0.25, 0.3) is 0 Å². The third-order valence-electron chi connectivity index (χ3n) is 1.40. The molecule has 0 saturated carbocycles. The number of rotatable bonds is 3. The van der Waals surface area contributed by atoms with Crippen LogP contribution in [0.15, 0.2) is 9.17 Å². The first-order valence-corrected chi connectivity index (χ1v) is 5.36. The molecule has 3 nitrogen and oxygen atoms in total. The quantitative estimate of drug-likeness (QED) is 0.788. The molecule has 0 radical (unpaired) electrons. The van der Waals surface area contributed by atoms with Gasteiger partial charge >= 0.3 is 5.97 Å². The first-order valence-electron chi connectivity index (χ1n) is 3.68. The zero-order valence-corrected chi connectivity index (χ0v) is 9.70. The van der Waals surface area contributed by atoms with Crippen LogP contribution in [-0.4, -0.2) is 19.7 Å². The van der Waals surface area contributed by atoms with Gasteiger partial charge in [-0.2, -0.15) is 0 Å². The van der Waals surface area contributed by atoms with E-state index in [1.165, 1.54) is 18.4 Å². The average Bonchev–Trinajstić information content (AvgIpc) is 2.48. The van der Waals surface area contributed by atoms with Gasteiger partial charge in [-0.1, -0.05) is 0 Å². The summed E-state index contributed by atoms with van der Waals surface area (Å²) in [5.41, 5.74) is 0.473. The predicted octanol–water partition coefficient (Wildman–Crippen LogP) is 2.70. The molecule has 1 rings (SSSR count). The molecular weight excluding hydrogens is 256 g/mol. The molecule has 1 aromatic rings. The molecule has 0 unspecified atom stereocenters. The Morgan fingerprint density at radius 3 is 2.92 bits per heavy atom. The molecule has 72 valence electrons. The molecule has 0 aliphatic heterocycles. The second kappa shape index (κ2) is 4.62. The van der Waals surface area contributed by atoms with Crippen molar-refractivity contribution < 1.29 is 14.3 Å². The topological polar surface area (TPSA) is 35.5 Å².